The number of non-ortho nitro benzene ring substituents is 1. The summed E-state index contributed by atoms with van der Waals surface area (Å²) >= 11 is 0. The Balaban J connectivity index is 2.48. The zero-order valence-electron chi connectivity index (χ0n) is 11.9. The van der Waals surface area contributed by atoms with Gasteiger partial charge in [-0.25, -0.2) is 4.79 Å². The Morgan fingerprint density at radius 3 is 2.96 bits per heavy atom. The summed E-state index contributed by atoms with van der Waals surface area (Å²) in [6.45, 7) is 0.347. The van der Waals surface area contributed by atoms with Gasteiger partial charge in [-0.2, -0.15) is 10.4 Å². The maximum absolute atomic E-state index is 10.9. The third kappa shape index (κ3) is 4.01. The minimum Gasteiger partial charge on any atom is -0.478 e. The molecular weight excluding hydrogens is 300 g/mol. The summed E-state index contributed by atoms with van der Waals surface area (Å²) in [6, 6.07) is 7.92. The zero-order valence-corrected chi connectivity index (χ0v) is 11.9. The number of nitriles is 1. The quantitative estimate of drug-likeness (QED) is 0.496. The monoisotopic (exact) mass is 312 g/mol. The van der Waals surface area contributed by atoms with Crippen molar-refractivity contribution in [3.63, 3.8) is 0 Å². The van der Waals surface area contributed by atoms with Crippen LogP contribution in [0.5, 0.6) is 0 Å². The van der Waals surface area contributed by atoms with Gasteiger partial charge < -0.3 is 5.11 Å². The number of carbonyl (C=O) groups is 1. The molecular formula is C15H12N4O4. The minimum absolute atomic E-state index is 0.0813. The smallest absolute Gasteiger partial charge is 0.328 e. The Labute approximate surface area is 131 Å². The van der Waals surface area contributed by atoms with Crippen LogP contribution < -0.4 is 0 Å². The van der Waals surface area contributed by atoms with Crippen molar-refractivity contribution in [2.75, 3.05) is 0 Å². The summed E-state index contributed by atoms with van der Waals surface area (Å²) in [5.41, 5.74) is 1.34. The highest BCUT2D eigenvalue weighted by Gasteiger charge is 2.13. The second-order valence-corrected chi connectivity index (χ2v) is 4.58. The van der Waals surface area contributed by atoms with Crippen molar-refractivity contribution in [3.05, 3.63) is 52.2 Å². The van der Waals surface area contributed by atoms with Gasteiger partial charge in [0, 0.05) is 35.5 Å². The lowest BCUT2D eigenvalue weighted by atomic mass is 10.1. The molecule has 0 bridgehead atoms. The highest BCUT2D eigenvalue weighted by Crippen LogP contribution is 2.26. The van der Waals surface area contributed by atoms with Crippen LogP contribution in [0.4, 0.5) is 5.69 Å². The maximum atomic E-state index is 10.9. The molecule has 0 amide bonds. The van der Waals surface area contributed by atoms with Gasteiger partial charge in [-0.3, -0.25) is 14.8 Å². The molecule has 1 N–H and O–H groups in total. The van der Waals surface area contributed by atoms with Crippen molar-refractivity contribution in [2.24, 2.45) is 0 Å². The molecule has 0 spiro atoms. The van der Waals surface area contributed by atoms with Gasteiger partial charge in [-0.15, -0.1) is 0 Å². The molecule has 0 aliphatic carbocycles. The van der Waals surface area contributed by atoms with Crippen LogP contribution in [0.2, 0.25) is 0 Å². The van der Waals surface area contributed by atoms with Crippen molar-refractivity contribution in [1.29, 1.82) is 5.26 Å². The van der Waals surface area contributed by atoms with Crippen LogP contribution in [0.3, 0.4) is 0 Å². The molecule has 0 atom stereocenters. The van der Waals surface area contributed by atoms with Crippen LogP contribution in [0.1, 0.15) is 12.0 Å². The van der Waals surface area contributed by atoms with E-state index in [2.05, 4.69) is 5.10 Å². The normalized spacial score (nSPS) is 10.6. The highest BCUT2D eigenvalue weighted by atomic mass is 16.6. The van der Waals surface area contributed by atoms with Crippen molar-refractivity contribution >= 4 is 17.7 Å². The molecule has 0 saturated heterocycles. The lowest BCUT2D eigenvalue weighted by Crippen LogP contribution is -1.97. The average molecular weight is 312 g/mol. The van der Waals surface area contributed by atoms with E-state index in [1.165, 1.54) is 29.0 Å². The van der Waals surface area contributed by atoms with Crippen LogP contribution in [-0.2, 0) is 11.3 Å². The molecule has 0 unspecified atom stereocenters. The summed E-state index contributed by atoms with van der Waals surface area (Å²) in [5.74, 6) is -1.11. The topological polar surface area (TPSA) is 122 Å². The molecule has 1 aromatic carbocycles. The van der Waals surface area contributed by atoms with Gasteiger partial charge in [0.15, 0.2) is 0 Å². The number of hydrogen-bond donors (Lipinski definition) is 1. The molecule has 1 heterocycles. The minimum atomic E-state index is -1.11. The van der Waals surface area contributed by atoms with Gasteiger partial charge in [-0.1, -0.05) is 12.1 Å². The summed E-state index contributed by atoms with van der Waals surface area (Å²) in [6.07, 6.45) is 4.18. The van der Waals surface area contributed by atoms with Gasteiger partial charge in [0.25, 0.3) is 5.69 Å². The Hall–Kier alpha value is -3.47. The van der Waals surface area contributed by atoms with E-state index in [4.69, 9.17) is 10.4 Å². The van der Waals surface area contributed by atoms with Crippen LogP contribution in [0, 0.1) is 21.4 Å². The fourth-order valence-electron chi connectivity index (χ4n) is 1.99. The number of aryl methyl sites for hydroxylation is 1. The van der Waals surface area contributed by atoms with E-state index < -0.39 is 10.9 Å². The summed E-state index contributed by atoms with van der Waals surface area (Å²) < 4.78 is 1.51. The van der Waals surface area contributed by atoms with Gasteiger partial charge >= 0.3 is 5.97 Å². The Morgan fingerprint density at radius 1 is 1.52 bits per heavy atom. The number of rotatable bonds is 6. The molecule has 0 aliphatic rings. The number of hydrogen-bond acceptors (Lipinski definition) is 5. The molecule has 8 nitrogen and oxygen atoms in total. The highest BCUT2D eigenvalue weighted by molar-refractivity contribution is 5.87. The Kier molecular flexibility index (Phi) is 4.84. The first kappa shape index (κ1) is 15.9. The third-order valence-corrected chi connectivity index (χ3v) is 2.98. The second-order valence-electron chi connectivity index (χ2n) is 4.58. The lowest BCUT2D eigenvalue weighted by Gasteiger charge is -1.99. The van der Waals surface area contributed by atoms with Gasteiger partial charge in [0.05, 0.1) is 29.7 Å². The van der Waals surface area contributed by atoms with E-state index in [1.54, 1.807) is 12.3 Å². The van der Waals surface area contributed by atoms with Crippen molar-refractivity contribution < 1.29 is 14.8 Å². The summed E-state index contributed by atoms with van der Waals surface area (Å²) in [5, 5.41) is 32.6. The first-order valence-corrected chi connectivity index (χ1v) is 6.61. The zero-order chi connectivity index (χ0) is 16.8. The number of carboxylic acids is 1. The molecule has 0 saturated carbocycles. The number of nitro groups is 1. The number of carboxylic acid groups (broad SMARTS) is 1. The third-order valence-electron chi connectivity index (χ3n) is 2.98. The number of nitrogens with zero attached hydrogens (tertiary/aromatic N) is 4. The number of aromatic nitrogens is 2. The first-order chi connectivity index (χ1) is 11.0. The number of benzene rings is 1. The fraction of sp³-hybridized carbons (Fsp3) is 0.133. The summed E-state index contributed by atoms with van der Waals surface area (Å²) in [7, 11) is 0. The number of aliphatic carboxylic acids is 1. The van der Waals surface area contributed by atoms with Crippen LogP contribution >= 0.6 is 0 Å². The van der Waals surface area contributed by atoms with E-state index in [0.29, 0.717) is 23.4 Å². The molecule has 8 heteroatoms. The lowest BCUT2D eigenvalue weighted by molar-refractivity contribution is -0.384. The van der Waals surface area contributed by atoms with Gasteiger partial charge in [-0.05, 0) is 6.08 Å². The molecule has 0 radical (unpaired) electrons. The van der Waals surface area contributed by atoms with E-state index in [0.717, 1.165) is 6.08 Å². The fourth-order valence-corrected chi connectivity index (χ4v) is 1.99. The first-order valence-electron chi connectivity index (χ1n) is 6.61. The molecule has 0 aliphatic heterocycles. The van der Waals surface area contributed by atoms with Crippen LogP contribution in [0.15, 0.2) is 36.5 Å². The standard InChI is InChI=1S/C15H12N4O4/c16-7-2-8-18-10-12(5-6-14(20)21)15(17-18)11-3-1-4-13(9-11)19(22)23/h1,3-6,9-10H,2,8H2,(H,20,21). The Morgan fingerprint density at radius 2 is 2.30 bits per heavy atom. The van der Waals surface area contributed by atoms with Crippen LogP contribution in [0.25, 0.3) is 17.3 Å². The predicted molar refractivity (Wildman–Crippen MR) is 81.2 cm³/mol. The molecule has 23 heavy (non-hydrogen) atoms. The largest absolute Gasteiger partial charge is 0.478 e. The number of nitro benzene ring substituents is 1. The average Bonchev–Trinajstić information content (AvgIpc) is 2.94. The Bertz CT molecular complexity index is 817. The predicted octanol–water partition coefficient (Wildman–Crippen LogP) is 2.47. The van der Waals surface area contributed by atoms with Gasteiger partial charge in [0.2, 0.25) is 0 Å². The van der Waals surface area contributed by atoms with E-state index in [9.17, 15) is 14.9 Å². The maximum Gasteiger partial charge on any atom is 0.328 e. The van der Waals surface area contributed by atoms with E-state index in [1.807, 2.05) is 6.07 Å². The van der Waals surface area contributed by atoms with Gasteiger partial charge in [0.1, 0.15) is 0 Å². The molecule has 0 fully saturated rings. The van der Waals surface area contributed by atoms with Crippen molar-refractivity contribution in [2.45, 2.75) is 13.0 Å². The molecule has 116 valence electrons. The second kappa shape index (κ2) is 7.00. The molecule has 1 aromatic heterocycles. The van der Waals surface area contributed by atoms with E-state index in [-0.39, 0.29) is 12.1 Å². The molecule has 2 aromatic rings. The van der Waals surface area contributed by atoms with Crippen molar-refractivity contribution in [3.8, 4) is 17.3 Å². The molecule has 2 rings (SSSR count). The summed E-state index contributed by atoms with van der Waals surface area (Å²) in [4.78, 5) is 21.1. The van der Waals surface area contributed by atoms with E-state index >= 15 is 0 Å². The van der Waals surface area contributed by atoms with Crippen LogP contribution in [-0.4, -0.2) is 25.8 Å². The SMILES string of the molecule is N#CCCn1cc(C=CC(=O)O)c(-c2cccc([N+](=O)[O-])c2)n1. The van der Waals surface area contributed by atoms with Crippen molar-refractivity contribution in [1.82, 2.24) is 9.78 Å².